The third kappa shape index (κ3) is 4.28. The van der Waals surface area contributed by atoms with Gasteiger partial charge in [-0.3, -0.25) is 19.1 Å². The lowest BCUT2D eigenvalue weighted by molar-refractivity contribution is -0.136. The Kier molecular flexibility index (Phi) is 6.07. The summed E-state index contributed by atoms with van der Waals surface area (Å²) in [7, 11) is 0. The van der Waals surface area contributed by atoms with Gasteiger partial charge in [-0.15, -0.1) is 0 Å². The molecule has 2 aromatic heterocycles. The minimum Gasteiger partial charge on any atom is -0.338 e. The fourth-order valence-corrected chi connectivity index (χ4v) is 4.41. The highest BCUT2D eigenvalue weighted by molar-refractivity contribution is 5.76. The number of amides is 2. The number of H-pyrrole nitrogens is 1. The molecule has 172 valence electrons. The maximum Gasteiger partial charge on any atom is 0.282 e. The number of likely N-dealkylation sites (tertiary alicyclic amines) is 1. The van der Waals surface area contributed by atoms with Crippen molar-refractivity contribution in [1.82, 2.24) is 29.5 Å². The normalized spacial score (nSPS) is 18.7. The van der Waals surface area contributed by atoms with E-state index in [-0.39, 0.29) is 36.2 Å². The van der Waals surface area contributed by atoms with Crippen LogP contribution in [0.5, 0.6) is 0 Å². The van der Waals surface area contributed by atoms with E-state index in [0.29, 0.717) is 48.7 Å². The summed E-state index contributed by atoms with van der Waals surface area (Å²) >= 11 is 0. The van der Waals surface area contributed by atoms with Crippen molar-refractivity contribution < 1.29 is 18.4 Å². The molecule has 0 radical (unpaired) electrons. The smallest absolute Gasteiger partial charge is 0.282 e. The van der Waals surface area contributed by atoms with Crippen molar-refractivity contribution in [3.8, 4) is 0 Å². The zero-order valence-electron chi connectivity index (χ0n) is 18.1. The van der Waals surface area contributed by atoms with Gasteiger partial charge in [-0.2, -0.15) is 5.10 Å². The highest BCUT2D eigenvalue weighted by Gasteiger charge is 2.32. The third-order valence-electron chi connectivity index (χ3n) is 6.18. The van der Waals surface area contributed by atoms with Gasteiger partial charge in [-0.05, 0) is 32.3 Å². The van der Waals surface area contributed by atoms with Crippen LogP contribution in [0, 0.1) is 6.92 Å². The van der Waals surface area contributed by atoms with Crippen LogP contribution in [0.1, 0.15) is 67.1 Å². The van der Waals surface area contributed by atoms with Crippen molar-refractivity contribution in [2.75, 3.05) is 13.1 Å². The van der Waals surface area contributed by atoms with Gasteiger partial charge in [0.25, 0.3) is 12.0 Å². The second kappa shape index (κ2) is 8.79. The van der Waals surface area contributed by atoms with Crippen molar-refractivity contribution >= 4 is 11.8 Å². The number of alkyl halides is 2. The molecule has 32 heavy (non-hydrogen) atoms. The first kappa shape index (κ1) is 22.1. The monoisotopic (exact) mass is 448 g/mol. The fourth-order valence-electron chi connectivity index (χ4n) is 4.41. The van der Waals surface area contributed by atoms with E-state index in [1.165, 1.54) is 17.7 Å². The maximum atomic E-state index is 13.1. The predicted octanol–water partition coefficient (Wildman–Crippen LogP) is 1.87. The van der Waals surface area contributed by atoms with Crippen LogP contribution in [0.4, 0.5) is 8.78 Å². The van der Waals surface area contributed by atoms with E-state index >= 15 is 0 Å². The molecule has 0 saturated carbocycles. The molecule has 9 nitrogen and oxygen atoms in total. The summed E-state index contributed by atoms with van der Waals surface area (Å²) in [5, 5.41) is 3.85. The average Bonchev–Trinajstić information content (AvgIpc) is 3.14. The molecule has 1 saturated heterocycles. The number of fused-ring (bicyclic) bond motifs is 1. The van der Waals surface area contributed by atoms with Crippen LogP contribution in [0.3, 0.4) is 0 Å². The summed E-state index contributed by atoms with van der Waals surface area (Å²) < 4.78 is 27.2. The first-order valence-corrected chi connectivity index (χ1v) is 10.7. The van der Waals surface area contributed by atoms with Crippen LogP contribution < -0.4 is 5.56 Å². The zero-order valence-corrected chi connectivity index (χ0v) is 18.1. The number of rotatable bonds is 4. The molecule has 0 bridgehead atoms. The predicted molar refractivity (Wildman–Crippen MR) is 110 cm³/mol. The molecule has 2 aromatic rings. The number of halogens is 2. The number of aromatic nitrogens is 4. The summed E-state index contributed by atoms with van der Waals surface area (Å²) in [4.78, 5) is 48.3. The molecule has 4 heterocycles. The maximum absolute atomic E-state index is 13.1. The number of piperidine rings is 1. The molecule has 1 fully saturated rings. The molecular formula is C21H26F2N6O3. The quantitative estimate of drug-likeness (QED) is 0.769. The SMILES string of the molecule is CC(=O)N1CCc2nc([C@H]3CCCCN3C(=O)Cn3nc(C(F)F)cc3C)[nH]c(=O)c2C1. The number of nitrogens with zero attached hydrogens (tertiary/aromatic N) is 5. The topological polar surface area (TPSA) is 104 Å². The zero-order chi connectivity index (χ0) is 23.0. The van der Waals surface area contributed by atoms with Gasteiger partial charge in [-0.25, -0.2) is 13.8 Å². The van der Waals surface area contributed by atoms with Crippen LogP contribution in [-0.2, 0) is 29.1 Å². The Balaban J connectivity index is 1.58. The molecular weight excluding hydrogens is 422 g/mol. The molecule has 2 aliphatic rings. The minimum absolute atomic E-state index is 0.0907. The van der Waals surface area contributed by atoms with Crippen LogP contribution >= 0.6 is 0 Å². The van der Waals surface area contributed by atoms with E-state index in [4.69, 9.17) is 0 Å². The molecule has 0 spiro atoms. The lowest BCUT2D eigenvalue weighted by Crippen LogP contribution is -2.43. The number of carbonyl (C=O) groups is 2. The number of carbonyl (C=O) groups excluding carboxylic acids is 2. The van der Waals surface area contributed by atoms with Crippen LogP contribution in [-0.4, -0.2) is 54.5 Å². The summed E-state index contributed by atoms with van der Waals surface area (Å²) in [5.74, 6) is 0.0838. The Morgan fingerprint density at radius 3 is 2.75 bits per heavy atom. The van der Waals surface area contributed by atoms with Crippen LogP contribution in [0.25, 0.3) is 0 Å². The average molecular weight is 448 g/mol. The van der Waals surface area contributed by atoms with Gasteiger partial charge in [0.2, 0.25) is 11.8 Å². The van der Waals surface area contributed by atoms with Crippen molar-refractivity contribution in [2.45, 2.75) is 65.1 Å². The van der Waals surface area contributed by atoms with Crippen molar-refractivity contribution in [3.05, 3.63) is 44.9 Å². The molecule has 1 atom stereocenters. The standard InChI is InChI=1S/C21H26F2N6O3/c1-12-9-16(19(22)23)26-29(12)11-18(31)28-7-4-3-5-17(28)20-24-15-6-8-27(13(2)30)10-14(15)21(32)25-20/h9,17,19H,3-8,10-11H2,1-2H3,(H,24,25,32)/t17-/m1/s1. The van der Waals surface area contributed by atoms with E-state index in [9.17, 15) is 23.2 Å². The first-order valence-electron chi connectivity index (χ1n) is 10.7. The highest BCUT2D eigenvalue weighted by Crippen LogP contribution is 2.30. The lowest BCUT2D eigenvalue weighted by atomic mass is 10.00. The van der Waals surface area contributed by atoms with E-state index in [0.717, 1.165) is 12.8 Å². The second-order valence-electron chi connectivity index (χ2n) is 8.33. The number of hydrogen-bond acceptors (Lipinski definition) is 5. The van der Waals surface area contributed by atoms with Gasteiger partial charge in [0, 0.05) is 32.1 Å². The summed E-state index contributed by atoms with van der Waals surface area (Å²) in [5.41, 5.74) is 0.973. The number of hydrogen-bond donors (Lipinski definition) is 1. The van der Waals surface area contributed by atoms with Crippen LogP contribution in [0.15, 0.2) is 10.9 Å². The molecule has 0 unspecified atom stereocenters. The highest BCUT2D eigenvalue weighted by atomic mass is 19.3. The molecule has 0 aliphatic carbocycles. The Bertz CT molecular complexity index is 1100. The third-order valence-corrected chi connectivity index (χ3v) is 6.18. The molecule has 1 N–H and O–H groups in total. The fraction of sp³-hybridized carbons (Fsp3) is 0.571. The van der Waals surface area contributed by atoms with E-state index in [2.05, 4.69) is 15.1 Å². The van der Waals surface area contributed by atoms with Gasteiger partial charge in [-0.1, -0.05) is 0 Å². The largest absolute Gasteiger partial charge is 0.338 e. The van der Waals surface area contributed by atoms with Crippen molar-refractivity contribution in [2.24, 2.45) is 0 Å². The van der Waals surface area contributed by atoms with E-state index < -0.39 is 12.5 Å². The van der Waals surface area contributed by atoms with Gasteiger partial charge >= 0.3 is 0 Å². The van der Waals surface area contributed by atoms with E-state index in [1.807, 2.05) is 0 Å². The Hall–Kier alpha value is -3.11. The summed E-state index contributed by atoms with van der Waals surface area (Å²) in [6.07, 6.45) is 0.120. The van der Waals surface area contributed by atoms with E-state index in [1.54, 1.807) is 16.7 Å². The van der Waals surface area contributed by atoms with Crippen molar-refractivity contribution in [3.63, 3.8) is 0 Å². The lowest BCUT2D eigenvalue weighted by Gasteiger charge is -2.36. The van der Waals surface area contributed by atoms with Crippen LogP contribution in [0.2, 0.25) is 0 Å². The van der Waals surface area contributed by atoms with Gasteiger partial charge in [0.15, 0.2) is 0 Å². The molecule has 4 rings (SSSR count). The van der Waals surface area contributed by atoms with Gasteiger partial charge < -0.3 is 14.8 Å². The Labute approximate surface area is 183 Å². The van der Waals surface area contributed by atoms with Crippen molar-refractivity contribution in [1.29, 1.82) is 0 Å². The summed E-state index contributed by atoms with van der Waals surface area (Å²) in [6, 6.07) is 0.879. The Morgan fingerprint density at radius 1 is 1.28 bits per heavy atom. The summed E-state index contributed by atoms with van der Waals surface area (Å²) in [6.45, 7) is 4.16. The number of nitrogens with one attached hydrogen (secondary N) is 1. The van der Waals surface area contributed by atoms with Gasteiger partial charge in [0.05, 0.1) is 23.8 Å². The first-order chi connectivity index (χ1) is 15.2. The number of aromatic amines is 1. The molecule has 11 heteroatoms. The minimum atomic E-state index is -2.70. The molecule has 0 aromatic carbocycles. The molecule has 2 aliphatic heterocycles. The van der Waals surface area contributed by atoms with Gasteiger partial charge in [0.1, 0.15) is 18.1 Å². The number of aryl methyl sites for hydroxylation is 1. The molecule has 2 amide bonds. The second-order valence-corrected chi connectivity index (χ2v) is 8.33. The Morgan fingerprint density at radius 2 is 2.06 bits per heavy atom.